The highest BCUT2D eigenvalue weighted by Crippen LogP contribution is 2.44. The third-order valence-corrected chi connectivity index (χ3v) is 7.05. The summed E-state index contributed by atoms with van der Waals surface area (Å²) in [6.07, 6.45) is 5.69. The molecule has 1 spiro atoms. The lowest BCUT2D eigenvalue weighted by atomic mass is 9.76. The Bertz CT molecular complexity index is 1180. The zero-order chi connectivity index (χ0) is 23.2. The molecule has 0 bridgehead atoms. The molecule has 2 saturated heterocycles. The zero-order valence-corrected chi connectivity index (χ0v) is 19.4. The van der Waals surface area contributed by atoms with Crippen molar-refractivity contribution in [3.63, 3.8) is 0 Å². The number of benzene rings is 1. The average molecular weight is 493 g/mol. The monoisotopic (exact) mass is 492 g/mol. The van der Waals surface area contributed by atoms with Gasteiger partial charge in [0.25, 0.3) is 0 Å². The Labute approximate surface area is 200 Å². The third-order valence-electron chi connectivity index (χ3n) is 6.34. The van der Waals surface area contributed by atoms with Crippen molar-refractivity contribution < 1.29 is 18.6 Å². The highest BCUT2D eigenvalue weighted by atomic mass is 35.5. The van der Waals surface area contributed by atoms with Crippen molar-refractivity contribution in [3.8, 4) is 16.9 Å². The summed E-state index contributed by atoms with van der Waals surface area (Å²) in [5.74, 6) is -0.0164. The van der Waals surface area contributed by atoms with Crippen LogP contribution in [0.5, 0.6) is 5.75 Å². The van der Waals surface area contributed by atoms with Crippen LogP contribution in [0.1, 0.15) is 31.1 Å². The molecule has 0 amide bonds. The quantitative estimate of drug-likeness (QED) is 0.499. The fourth-order valence-corrected chi connectivity index (χ4v) is 5.13. The molecule has 0 aliphatic carbocycles. The van der Waals surface area contributed by atoms with Gasteiger partial charge in [-0.3, -0.25) is 4.68 Å². The van der Waals surface area contributed by atoms with Crippen molar-refractivity contribution in [2.45, 2.75) is 25.5 Å². The molecule has 2 aromatic heterocycles. The topological polar surface area (TPSA) is 84.4 Å². The molecule has 1 aromatic carbocycles. The predicted octanol–water partition coefficient (Wildman–Crippen LogP) is 5.09. The van der Waals surface area contributed by atoms with Crippen LogP contribution < -0.4 is 10.5 Å². The maximum atomic E-state index is 14.0. The largest absolute Gasteiger partial charge is 0.482 e. The van der Waals surface area contributed by atoms with Crippen molar-refractivity contribution in [1.82, 2.24) is 14.8 Å². The van der Waals surface area contributed by atoms with Gasteiger partial charge in [-0.2, -0.15) is 5.10 Å². The van der Waals surface area contributed by atoms with E-state index in [9.17, 15) is 4.39 Å². The summed E-state index contributed by atoms with van der Waals surface area (Å²) in [5, 5.41) is 4.85. The lowest BCUT2D eigenvalue weighted by Gasteiger charge is -2.49. The van der Waals surface area contributed by atoms with Gasteiger partial charge in [0.15, 0.2) is 11.6 Å². The molecule has 2 aliphatic heterocycles. The molecule has 2 aliphatic rings. The summed E-state index contributed by atoms with van der Waals surface area (Å²) < 4.78 is 33.1. The number of nitrogens with zero attached hydrogens (tertiary/aromatic N) is 3. The molecular formula is C23H23Cl2FN4O3. The Morgan fingerprint density at radius 3 is 2.76 bits per heavy atom. The number of hydrogen-bond acceptors (Lipinski definition) is 6. The number of rotatable bonds is 5. The number of anilines is 1. The van der Waals surface area contributed by atoms with Crippen molar-refractivity contribution in [2.75, 3.05) is 32.2 Å². The summed E-state index contributed by atoms with van der Waals surface area (Å²) in [5.41, 5.74) is 8.06. The summed E-state index contributed by atoms with van der Waals surface area (Å²) in [6, 6.07) is 4.66. The van der Waals surface area contributed by atoms with E-state index in [2.05, 4.69) is 10.1 Å². The van der Waals surface area contributed by atoms with Gasteiger partial charge in [0.05, 0.1) is 42.5 Å². The summed E-state index contributed by atoms with van der Waals surface area (Å²) in [4.78, 5) is 4.28. The van der Waals surface area contributed by atoms with E-state index in [1.807, 2.05) is 10.9 Å². The van der Waals surface area contributed by atoms with E-state index in [1.54, 1.807) is 25.4 Å². The number of hydrogen-bond donors (Lipinski definition) is 1. The van der Waals surface area contributed by atoms with Crippen molar-refractivity contribution >= 4 is 29.0 Å². The van der Waals surface area contributed by atoms with E-state index < -0.39 is 11.9 Å². The van der Waals surface area contributed by atoms with E-state index in [4.69, 9.17) is 43.1 Å². The average Bonchev–Trinajstić information content (AvgIpc) is 3.27. The number of pyridine rings is 1. The minimum Gasteiger partial charge on any atom is -0.482 e. The molecule has 3 aromatic rings. The summed E-state index contributed by atoms with van der Waals surface area (Å²) in [6.45, 7) is 4.46. The van der Waals surface area contributed by atoms with Gasteiger partial charge in [-0.25, -0.2) is 9.37 Å². The van der Waals surface area contributed by atoms with E-state index in [0.717, 1.165) is 17.5 Å². The van der Waals surface area contributed by atoms with Crippen LogP contribution in [0.4, 0.5) is 10.2 Å². The molecule has 0 saturated carbocycles. The Morgan fingerprint density at radius 1 is 1.21 bits per heavy atom. The van der Waals surface area contributed by atoms with Gasteiger partial charge < -0.3 is 19.9 Å². The number of aromatic nitrogens is 3. The third kappa shape index (κ3) is 4.05. The zero-order valence-electron chi connectivity index (χ0n) is 17.9. The summed E-state index contributed by atoms with van der Waals surface area (Å²) in [7, 11) is 0. The normalized spacial score (nSPS) is 20.4. The molecule has 10 heteroatoms. The Kier molecular flexibility index (Phi) is 5.95. The fraction of sp³-hybridized carbons (Fsp3) is 0.391. The molecule has 33 heavy (non-hydrogen) atoms. The van der Waals surface area contributed by atoms with Gasteiger partial charge in [-0.05, 0) is 31.5 Å². The van der Waals surface area contributed by atoms with Crippen LogP contribution in [-0.4, -0.2) is 41.2 Å². The van der Waals surface area contributed by atoms with Crippen LogP contribution in [0.3, 0.4) is 0 Å². The Hall–Kier alpha value is -2.39. The summed E-state index contributed by atoms with van der Waals surface area (Å²) >= 11 is 12.4. The molecule has 174 valence electrons. The smallest absolute Gasteiger partial charge is 0.166 e. The molecule has 7 nitrogen and oxygen atoms in total. The molecule has 2 N–H and O–H groups in total. The lowest BCUT2D eigenvalue weighted by molar-refractivity contribution is -0.199. The SMILES string of the molecule is C[C@@H](Oc1cc(-c2cnn(C3CCOCC34COC4)c2)cnc1N)c1c(Cl)ccc(F)c1Cl. The van der Waals surface area contributed by atoms with Crippen molar-refractivity contribution in [1.29, 1.82) is 0 Å². The van der Waals surface area contributed by atoms with Gasteiger partial charge in [-0.1, -0.05) is 23.2 Å². The first-order valence-electron chi connectivity index (χ1n) is 10.6. The standard InChI is InChI=1S/C23H23Cl2FN4O3/c1-13(20-16(24)2-3-17(26)21(20)25)33-18-6-14(7-28-22(18)27)15-8-29-30(9-15)19-4-5-31-10-23(19)11-32-12-23/h2-3,6-9,13,19H,4-5,10-12H2,1H3,(H2,27,28)/t13-,19?/m1/s1. The van der Waals surface area contributed by atoms with Gasteiger partial charge >= 0.3 is 0 Å². The van der Waals surface area contributed by atoms with E-state index in [1.165, 1.54) is 12.1 Å². The van der Waals surface area contributed by atoms with Crippen LogP contribution in [-0.2, 0) is 9.47 Å². The molecule has 4 heterocycles. The fourth-order valence-electron chi connectivity index (χ4n) is 4.46. The first-order valence-corrected chi connectivity index (χ1v) is 11.4. The number of nitrogens with two attached hydrogens (primary N) is 1. The van der Waals surface area contributed by atoms with Crippen LogP contribution in [0, 0.1) is 11.2 Å². The maximum Gasteiger partial charge on any atom is 0.166 e. The molecule has 1 unspecified atom stereocenters. The van der Waals surface area contributed by atoms with Gasteiger partial charge in [0, 0.05) is 40.7 Å². The molecule has 2 fully saturated rings. The van der Waals surface area contributed by atoms with Gasteiger partial charge in [-0.15, -0.1) is 0 Å². The minimum absolute atomic E-state index is 0.0197. The number of ether oxygens (including phenoxy) is 3. The Morgan fingerprint density at radius 2 is 2.00 bits per heavy atom. The van der Waals surface area contributed by atoms with Gasteiger partial charge in [0.1, 0.15) is 11.9 Å². The minimum atomic E-state index is -0.650. The Balaban J connectivity index is 1.40. The second-order valence-corrected chi connectivity index (χ2v) is 9.33. The number of nitrogen functional groups attached to an aromatic ring is 1. The number of halogens is 3. The van der Waals surface area contributed by atoms with E-state index in [-0.39, 0.29) is 22.3 Å². The molecule has 0 radical (unpaired) electrons. The second-order valence-electron chi connectivity index (χ2n) is 8.55. The van der Waals surface area contributed by atoms with Crippen LogP contribution in [0.25, 0.3) is 11.1 Å². The van der Waals surface area contributed by atoms with Crippen LogP contribution in [0.15, 0.2) is 36.8 Å². The second kappa shape index (κ2) is 8.76. The first-order chi connectivity index (χ1) is 15.9. The highest BCUT2D eigenvalue weighted by Gasteiger charge is 2.49. The van der Waals surface area contributed by atoms with E-state index in [0.29, 0.717) is 42.8 Å². The van der Waals surface area contributed by atoms with Crippen molar-refractivity contribution in [3.05, 3.63) is 58.2 Å². The van der Waals surface area contributed by atoms with Crippen LogP contribution in [0.2, 0.25) is 10.0 Å². The lowest BCUT2D eigenvalue weighted by Crippen LogP contribution is -2.54. The van der Waals surface area contributed by atoms with Gasteiger partial charge in [0.2, 0.25) is 0 Å². The first kappa shape index (κ1) is 22.4. The molecule has 5 rings (SSSR count). The molecule has 2 atom stereocenters. The highest BCUT2D eigenvalue weighted by molar-refractivity contribution is 6.36. The maximum absolute atomic E-state index is 14.0. The van der Waals surface area contributed by atoms with Crippen LogP contribution >= 0.6 is 23.2 Å². The molecular weight excluding hydrogens is 470 g/mol. The predicted molar refractivity (Wildman–Crippen MR) is 123 cm³/mol. The van der Waals surface area contributed by atoms with Crippen molar-refractivity contribution in [2.24, 2.45) is 5.41 Å². The van der Waals surface area contributed by atoms with E-state index >= 15 is 0 Å².